The molecule has 4 aromatic rings. The van der Waals surface area contributed by atoms with Gasteiger partial charge in [0.1, 0.15) is 11.6 Å². The number of anilines is 2. The minimum Gasteiger partial charge on any atom is -0.493 e. The van der Waals surface area contributed by atoms with Crippen molar-refractivity contribution >= 4 is 57.5 Å². The standard InChI is InChI=1S/C24H21Cl3N4O/c25-15-6-4-14(5-7-15)3-1-2-12-32-20-11-8-16(26)13-18(20)17-9-10-19-21(22(17)27)23(28)31-24(29)30-19/h4-11,13H,1-3,12H2,(H4,28,29,30,31). The van der Waals surface area contributed by atoms with Crippen LogP contribution in [-0.2, 0) is 6.42 Å². The van der Waals surface area contributed by atoms with Crippen molar-refractivity contribution in [2.75, 3.05) is 18.1 Å². The molecular formula is C24H21Cl3N4O. The Bertz CT molecular complexity index is 1260. The van der Waals surface area contributed by atoms with E-state index in [9.17, 15) is 0 Å². The fourth-order valence-corrected chi connectivity index (χ4v) is 4.20. The predicted molar refractivity (Wildman–Crippen MR) is 134 cm³/mol. The third kappa shape index (κ3) is 5.01. The third-order valence-corrected chi connectivity index (χ3v) is 5.99. The lowest BCUT2D eigenvalue weighted by Gasteiger charge is -2.15. The summed E-state index contributed by atoms with van der Waals surface area (Å²) in [7, 11) is 0. The van der Waals surface area contributed by atoms with Crippen molar-refractivity contribution in [3.05, 3.63) is 75.2 Å². The molecule has 4 rings (SSSR count). The van der Waals surface area contributed by atoms with Crippen molar-refractivity contribution in [3.63, 3.8) is 0 Å². The van der Waals surface area contributed by atoms with E-state index in [2.05, 4.69) is 9.97 Å². The number of nitrogens with zero attached hydrogens (tertiary/aromatic N) is 2. The molecule has 0 amide bonds. The number of hydrogen-bond acceptors (Lipinski definition) is 5. The maximum atomic E-state index is 6.71. The molecule has 1 aromatic heterocycles. The average Bonchev–Trinajstić information content (AvgIpc) is 2.75. The zero-order valence-corrected chi connectivity index (χ0v) is 19.4. The molecule has 0 saturated heterocycles. The number of aryl methyl sites for hydroxylation is 1. The minimum atomic E-state index is 0.101. The molecule has 8 heteroatoms. The van der Waals surface area contributed by atoms with Gasteiger partial charge in [-0.2, -0.15) is 4.98 Å². The number of ether oxygens (including phenoxy) is 1. The van der Waals surface area contributed by atoms with Crippen LogP contribution in [0.15, 0.2) is 54.6 Å². The number of benzene rings is 3. The molecule has 0 aliphatic carbocycles. The Morgan fingerprint density at radius 1 is 0.781 bits per heavy atom. The van der Waals surface area contributed by atoms with Crippen LogP contribution in [0.3, 0.4) is 0 Å². The first-order valence-electron chi connectivity index (χ1n) is 10.1. The van der Waals surface area contributed by atoms with Gasteiger partial charge in [-0.25, -0.2) is 4.98 Å². The summed E-state index contributed by atoms with van der Waals surface area (Å²) in [5.41, 5.74) is 15.1. The molecule has 164 valence electrons. The van der Waals surface area contributed by atoms with Gasteiger partial charge in [0.05, 0.1) is 22.5 Å². The number of rotatable bonds is 7. The molecule has 3 aromatic carbocycles. The van der Waals surface area contributed by atoms with E-state index in [1.54, 1.807) is 6.07 Å². The van der Waals surface area contributed by atoms with E-state index in [1.165, 1.54) is 5.56 Å². The fraction of sp³-hybridized carbons (Fsp3) is 0.167. The lowest BCUT2D eigenvalue weighted by Crippen LogP contribution is -2.02. The van der Waals surface area contributed by atoms with Gasteiger partial charge in [0, 0.05) is 21.2 Å². The number of aromatic nitrogens is 2. The van der Waals surface area contributed by atoms with Gasteiger partial charge in [0.2, 0.25) is 5.95 Å². The van der Waals surface area contributed by atoms with Crippen LogP contribution in [0, 0.1) is 0 Å². The van der Waals surface area contributed by atoms with Crippen LogP contribution in [0.2, 0.25) is 15.1 Å². The fourth-order valence-electron chi connectivity index (χ4n) is 3.54. The second-order valence-corrected chi connectivity index (χ2v) is 8.61. The van der Waals surface area contributed by atoms with E-state index in [4.69, 9.17) is 51.0 Å². The first-order chi connectivity index (χ1) is 15.4. The molecule has 1 heterocycles. The average molecular weight is 488 g/mol. The zero-order valence-electron chi connectivity index (χ0n) is 17.1. The first kappa shape index (κ1) is 22.5. The molecular weight excluding hydrogens is 467 g/mol. The highest BCUT2D eigenvalue weighted by molar-refractivity contribution is 6.39. The highest BCUT2D eigenvalue weighted by Gasteiger charge is 2.16. The summed E-state index contributed by atoms with van der Waals surface area (Å²) in [6, 6.07) is 17.0. The molecule has 5 nitrogen and oxygen atoms in total. The Hall–Kier alpha value is -2.73. The maximum Gasteiger partial charge on any atom is 0.222 e. The summed E-state index contributed by atoms with van der Waals surface area (Å²) in [5, 5.41) is 2.30. The molecule has 0 unspecified atom stereocenters. The molecule has 0 aliphatic rings. The summed E-state index contributed by atoms with van der Waals surface area (Å²) in [5.74, 6) is 1.02. The van der Waals surface area contributed by atoms with E-state index in [1.807, 2.05) is 48.5 Å². The van der Waals surface area contributed by atoms with Gasteiger partial charge in [-0.1, -0.05) is 53.0 Å². The zero-order chi connectivity index (χ0) is 22.7. The molecule has 0 atom stereocenters. The summed E-state index contributed by atoms with van der Waals surface area (Å²) < 4.78 is 6.10. The Morgan fingerprint density at radius 3 is 2.31 bits per heavy atom. The van der Waals surface area contributed by atoms with Gasteiger partial charge in [-0.3, -0.25) is 0 Å². The summed E-state index contributed by atoms with van der Waals surface area (Å²) in [6.45, 7) is 0.565. The van der Waals surface area contributed by atoms with E-state index < -0.39 is 0 Å². The third-order valence-electron chi connectivity index (χ3n) is 5.11. The molecule has 0 aliphatic heterocycles. The second kappa shape index (κ2) is 9.82. The minimum absolute atomic E-state index is 0.101. The molecule has 0 fully saturated rings. The predicted octanol–water partition coefficient (Wildman–Crippen LogP) is 6.82. The number of halogens is 3. The number of fused-ring (bicyclic) bond motifs is 1. The van der Waals surface area contributed by atoms with E-state index in [0.29, 0.717) is 33.3 Å². The van der Waals surface area contributed by atoms with Gasteiger partial charge < -0.3 is 16.2 Å². The number of nitrogens with two attached hydrogens (primary N) is 2. The van der Waals surface area contributed by atoms with Crippen LogP contribution in [0.25, 0.3) is 22.0 Å². The lowest BCUT2D eigenvalue weighted by atomic mass is 10.0. The van der Waals surface area contributed by atoms with Crippen LogP contribution in [0.4, 0.5) is 11.8 Å². The normalized spacial score (nSPS) is 11.1. The van der Waals surface area contributed by atoms with Crippen molar-refractivity contribution in [3.8, 4) is 16.9 Å². The molecule has 0 radical (unpaired) electrons. The quantitative estimate of drug-likeness (QED) is 0.279. The van der Waals surface area contributed by atoms with Crippen LogP contribution < -0.4 is 16.2 Å². The largest absolute Gasteiger partial charge is 0.493 e. The maximum absolute atomic E-state index is 6.71. The molecule has 32 heavy (non-hydrogen) atoms. The first-order valence-corrected chi connectivity index (χ1v) is 11.2. The second-order valence-electron chi connectivity index (χ2n) is 7.36. The Morgan fingerprint density at radius 2 is 1.53 bits per heavy atom. The SMILES string of the molecule is Nc1nc(N)c2c(Cl)c(-c3cc(Cl)ccc3OCCCCc3ccc(Cl)cc3)ccc2n1. The summed E-state index contributed by atoms with van der Waals surface area (Å²) >= 11 is 18.9. The highest BCUT2D eigenvalue weighted by Crippen LogP contribution is 2.41. The summed E-state index contributed by atoms with van der Waals surface area (Å²) in [6.07, 6.45) is 2.86. The molecule has 0 saturated carbocycles. The van der Waals surface area contributed by atoms with Gasteiger partial charge in [-0.15, -0.1) is 0 Å². The Balaban J connectivity index is 1.52. The number of nitrogen functional groups attached to an aromatic ring is 2. The summed E-state index contributed by atoms with van der Waals surface area (Å²) in [4.78, 5) is 8.24. The number of unbranched alkanes of at least 4 members (excludes halogenated alkanes) is 1. The van der Waals surface area contributed by atoms with E-state index in [0.717, 1.165) is 35.4 Å². The lowest BCUT2D eigenvalue weighted by molar-refractivity contribution is 0.308. The topological polar surface area (TPSA) is 87.0 Å². The van der Waals surface area contributed by atoms with Gasteiger partial charge in [-0.05, 0) is 61.2 Å². The van der Waals surface area contributed by atoms with Crippen LogP contribution >= 0.6 is 34.8 Å². The molecule has 0 bridgehead atoms. The van der Waals surface area contributed by atoms with Crippen molar-refractivity contribution < 1.29 is 4.74 Å². The van der Waals surface area contributed by atoms with Gasteiger partial charge in [0.25, 0.3) is 0 Å². The van der Waals surface area contributed by atoms with Crippen molar-refractivity contribution in [2.24, 2.45) is 0 Å². The Kier molecular flexibility index (Phi) is 6.89. The van der Waals surface area contributed by atoms with Gasteiger partial charge >= 0.3 is 0 Å². The van der Waals surface area contributed by atoms with Crippen molar-refractivity contribution in [2.45, 2.75) is 19.3 Å². The van der Waals surface area contributed by atoms with Crippen LogP contribution in [0.1, 0.15) is 18.4 Å². The molecule has 0 spiro atoms. The van der Waals surface area contributed by atoms with E-state index >= 15 is 0 Å². The van der Waals surface area contributed by atoms with Crippen LogP contribution in [-0.4, -0.2) is 16.6 Å². The van der Waals surface area contributed by atoms with Crippen molar-refractivity contribution in [1.29, 1.82) is 0 Å². The van der Waals surface area contributed by atoms with Crippen molar-refractivity contribution in [1.82, 2.24) is 9.97 Å². The van der Waals surface area contributed by atoms with Gasteiger partial charge in [0.15, 0.2) is 0 Å². The monoisotopic (exact) mass is 486 g/mol. The van der Waals surface area contributed by atoms with E-state index in [-0.39, 0.29) is 11.8 Å². The Labute approximate surface area is 201 Å². The van der Waals surface area contributed by atoms with Crippen LogP contribution in [0.5, 0.6) is 5.75 Å². The molecule has 4 N–H and O–H groups in total. The smallest absolute Gasteiger partial charge is 0.222 e. The number of hydrogen-bond donors (Lipinski definition) is 2. The highest BCUT2D eigenvalue weighted by atomic mass is 35.5.